The predicted molar refractivity (Wildman–Crippen MR) is 81.9 cm³/mol. The molecule has 3 aromatic rings. The van der Waals surface area contributed by atoms with Gasteiger partial charge in [0.15, 0.2) is 0 Å². The van der Waals surface area contributed by atoms with Crippen LogP contribution in [0.2, 0.25) is 0 Å². The van der Waals surface area contributed by atoms with Gasteiger partial charge >= 0.3 is 0 Å². The monoisotopic (exact) mass is 278 g/mol. The largest absolute Gasteiger partial charge is 0.264 e. The van der Waals surface area contributed by atoms with E-state index in [-0.39, 0.29) is 0 Å². The lowest BCUT2D eigenvalue weighted by Crippen LogP contribution is -2.00. The highest BCUT2D eigenvalue weighted by atomic mass is 15.4. The van der Waals surface area contributed by atoms with Crippen molar-refractivity contribution in [3.05, 3.63) is 77.9 Å². The highest BCUT2D eigenvalue weighted by Crippen LogP contribution is 2.18. The lowest BCUT2D eigenvalue weighted by atomic mass is 9.98. The molecule has 0 aliphatic carbocycles. The molecule has 0 saturated heterocycles. The molecule has 0 bridgehead atoms. The third-order valence-corrected chi connectivity index (χ3v) is 3.54. The Labute approximate surface area is 124 Å². The van der Waals surface area contributed by atoms with Crippen molar-refractivity contribution in [3.8, 4) is 0 Å². The van der Waals surface area contributed by atoms with Crippen LogP contribution in [-0.4, -0.2) is 20.0 Å². The Morgan fingerprint density at radius 3 is 2.71 bits per heavy atom. The average Bonchev–Trinajstić information content (AvgIpc) is 2.96. The van der Waals surface area contributed by atoms with Gasteiger partial charge in [-0.1, -0.05) is 48.5 Å². The zero-order valence-corrected chi connectivity index (χ0v) is 12.1. The summed E-state index contributed by atoms with van der Waals surface area (Å²) >= 11 is 0. The van der Waals surface area contributed by atoms with Crippen LogP contribution >= 0.6 is 0 Å². The number of benzene rings is 1. The second-order valence-electron chi connectivity index (χ2n) is 5.28. The third-order valence-electron chi connectivity index (χ3n) is 3.54. The normalized spacial score (nSPS) is 12.2. The zero-order chi connectivity index (χ0) is 14.5. The summed E-state index contributed by atoms with van der Waals surface area (Å²) in [6, 6.07) is 14.4. The first-order chi connectivity index (χ1) is 10.3. The standard InChI is InChI=1S/C17H18N4/c1-14(16-8-5-9-18-11-16)10-17-13-21(20-19-17)12-15-6-3-2-4-7-15/h2-9,11,13-14H,10,12H2,1H3. The molecule has 0 amide bonds. The Bertz CT molecular complexity index is 676. The molecule has 0 radical (unpaired) electrons. The van der Waals surface area contributed by atoms with E-state index in [0.717, 1.165) is 18.7 Å². The fraction of sp³-hybridized carbons (Fsp3) is 0.235. The summed E-state index contributed by atoms with van der Waals surface area (Å²) in [5, 5.41) is 8.48. The van der Waals surface area contributed by atoms with Crippen molar-refractivity contribution in [3.63, 3.8) is 0 Å². The Hall–Kier alpha value is -2.49. The summed E-state index contributed by atoms with van der Waals surface area (Å²) in [4.78, 5) is 4.17. The Morgan fingerprint density at radius 2 is 1.95 bits per heavy atom. The molecular formula is C17H18N4. The van der Waals surface area contributed by atoms with Crippen molar-refractivity contribution in [2.75, 3.05) is 0 Å². The van der Waals surface area contributed by atoms with E-state index in [1.807, 2.05) is 41.3 Å². The van der Waals surface area contributed by atoms with E-state index in [1.165, 1.54) is 11.1 Å². The summed E-state index contributed by atoms with van der Waals surface area (Å²) < 4.78 is 1.89. The smallest absolute Gasteiger partial charge is 0.0833 e. The van der Waals surface area contributed by atoms with Crippen molar-refractivity contribution >= 4 is 0 Å². The molecule has 106 valence electrons. The molecule has 0 aliphatic rings. The van der Waals surface area contributed by atoms with E-state index in [9.17, 15) is 0 Å². The number of hydrogen-bond donors (Lipinski definition) is 0. The minimum absolute atomic E-state index is 0.389. The fourth-order valence-electron chi connectivity index (χ4n) is 2.38. The maximum Gasteiger partial charge on any atom is 0.0833 e. The maximum atomic E-state index is 4.27. The number of pyridine rings is 1. The molecule has 0 saturated carbocycles. The highest BCUT2D eigenvalue weighted by Gasteiger charge is 2.09. The SMILES string of the molecule is CC(Cc1cn(Cc2ccccc2)nn1)c1cccnc1. The predicted octanol–water partition coefficient (Wildman–Crippen LogP) is 3.07. The van der Waals surface area contributed by atoms with Gasteiger partial charge in [0, 0.05) is 18.6 Å². The summed E-state index contributed by atoms with van der Waals surface area (Å²) in [5.74, 6) is 0.389. The van der Waals surface area contributed by atoms with E-state index in [4.69, 9.17) is 0 Å². The molecule has 4 heteroatoms. The Morgan fingerprint density at radius 1 is 1.10 bits per heavy atom. The molecule has 1 unspecified atom stereocenters. The molecule has 2 aromatic heterocycles. The zero-order valence-electron chi connectivity index (χ0n) is 12.1. The number of nitrogens with zero attached hydrogens (tertiary/aromatic N) is 4. The van der Waals surface area contributed by atoms with Crippen LogP contribution in [0.15, 0.2) is 61.1 Å². The van der Waals surface area contributed by atoms with Crippen LogP contribution in [0, 0.1) is 0 Å². The second kappa shape index (κ2) is 6.31. The lowest BCUT2D eigenvalue weighted by Gasteiger charge is -2.08. The van der Waals surface area contributed by atoms with Gasteiger partial charge in [-0.05, 0) is 29.5 Å². The molecule has 21 heavy (non-hydrogen) atoms. The van der Waals surface area contributed by atoms with Gasteiger partial charge in [0.2, 0.25) is 0 Å². The molecule has 2 heterocycles. The minimum Gasteiger partial charge on any atom is -0.264 e. The average molecular weight is 278 g/mol. The molecule has 1 aromatic carbocycles. The van der Waals surface area contributed by atoms with Crippen molar-refractivity contribution in [2.24, 2.45) is 0 Å². The molecule has 0 spiro atoms. The van der Waals surface area contributed by atoms with Crippen molar-refractivity contribution in [1.29, 1.82) is 0 Å². The van der Waals surface area contributed by atoms with Crippen LogP contribution in [-0.2, 0) is 13.0 Å². The van der Waals surface area contributed by atoms with Crippen molar-refractivity contribution < 1.29 is 0 Å². The van der Waals surface area contributed by atoms with Crippen LogP contribution in [0.3, 0.4) is 0 Å². The van der Waals surface area contributed by atoms with Gasteiger partial charge < -0.3 is 0 Å². The van der Waals surface area contributed by atoms with Gasteiger partial charge in [0.1, 0.15) is 0 Å². The first-order valence-corrected chi connectivity index (χ1v) is 7.14. The molecule has 0 fully saturated rings. The topological polar surface area (TPSA) is 43.6 Å². The van der Waals surface area contributed by atoms with Gasteiger partial charge in [0.25, 0.3) is 0 Å². The van der Waals surface area contributed by atoms with Crippen LogP contribution in [0.5, 0.6) is 0 Å². The van der Waals surface area contributed by atoms with E-state index in [1.54, 1.807) is 6.20 Å². The Balaban J connectivity index is 1.65. The second-order valence-corrected chi connectivity index (χ2v) is 5.28. The molecular weight excluding hydrogens is 260 g/mol. The van der Waals surface area contributed by atoms with E-state index < -0.39 is 0 Å². The molecule has 0 N–H and O–H groups in total. The summed E-state index contributed by atoms with van der Waals surface area (Å²) in [5.41, 5.74) is 3.48. The van der Waals surface area contributed by atoms with Crippen LogP contribution in [0.4, 0.5) is 0 Å². The van der Waals surface area contributed by atoms with Crippen molar-refractivity contribution in [1.82, 2.24) is 20.0 Å². The maximum absolute atomic E-state index is 4.27. The highest BCUT2D eigenvalue weighted by molar-refractivity contribution is 5.17. The quantitative estimate of drug-likeness (QED) is 0.720. The summed E-state index contributed by atoms with van der Waals surface area (Å²) in [7, 11) is 0. The first-order valence-electron chi connectivity index (χ1n) is 7.14. The van der Waals surface area contributed by atoms with Gasteiger partial charge in [-0.15, -0.1) is 5.10 Å². The molecule has 3 rings (SSSR count). The minimum atomic E-state index is 0.389. The van der Waals surface area contributed by atoms with Gasteiger partial charge in [-0.3, -0.25) is 4.98 Å². The van der Waals surface area contributed by atoms with E-state index >= 15 is 0 Å². The van der Waals surface area contributed by atoms with Crippen LogP contribution < -0.4 is 0 Å². The number of rotatable bonds is 5. The van der Waals surface area contributed by atoms with Gasteiger partial charge in [0.05, 0.1) is 12.2 Å². The van der Waals surface area contributed by atoms with Gasteiger partial charge in [-0.25, -0.2) is 4.68 Å². The summed E-state index contributed by atoms with van der Waals surface area (Å²) in [6.07, 6.45) is 6.62. The van der Waals surface area contributed by atoms with E-state index in [2.05, 4.69) is 40.4 Å². The van der Waals surface area contributed by atoms with Crippen LogP contribution in [0.25, 0.3) is 0 Å². The number of hydrogen-bond acceptors (Lipinski definition) is 3. The molecule has 4 nitrogen and oxygen atoms in total. The lowest BCUT2D eigenvalue weighted by molar-refractivity contribution is 0.648. The van der Waals surface area contributed by atoms with Crippen molar-refractivity contribution in [2.45, 2.75) is 25.8 Å². The number of aromatic nitrogens is 4. The third kappa shape index (κ3) is 3.54. The first kappa shape index (κ1) is 13.5. The van der Waals surface area contributed by atoms with Crippen LogP contribution in [0.1, 0.15) is 29.7 Å². The molecule has 1 atom stereocenters. The summed E-state index contributed by atoms with van der Waals surface area (Å²) in [6.45, 7) is 2.95. The molecule has 0 aliphatic heterocycles. The van der Waals surface area contributed by atoms with Gasteiger partial charge in [-0.2, -0.15) is 0 Å². The fourth-order valence-corrected chi connectivity index (χ4v) is 2.38. The van der Waals surface area contributed by atoms with E-state index in [0.29, 0.717) is 5.92 Å². The Kier molecular flexibility index (Phi) is 4.05.